The van der Waals surface area contributed by atoms with Gasteiger partial charge >= 0.3 is 5.97 Å². The van der Waals surface area contributed by atoms with Crippen molar-refractivity contribution in [3.8, 4) is 11.5 Å². The van der Waals surface area contributed by atoms with Crippen LogP contribution in [0.25, 0.3) is 6.08 Å². The van der Waals surface area contributed by atoms with Crippen LogP contribution in [0.2, 0.25) is 0 Å². The van der Waals surface area contributed by atoms with E-state index < -0.39 is 5.97 Å². The summed E-state index contributed by atoms with van der Waals surface area (Å²) in [5.74, 6) is -0.246. The van der Waals surface area contributed by atoms with Gasteiger partial charge in [0, 0.05) is 11.5 Å². The molecule has 32 heavy (non-hydrogen) atoms. The van der Waals surface area contributed by atoms with E-state index in [0.29, 0.717) is 33.4 Å². The maximum Gasteiger partial charge on any atom is 0.309 e. The molecule has 2 N–H and O–H groups in total. The van der Waals surface area contributed by atoms with E-state index in [0.717, 1.165) is 16.7 Å². The first-order chi connectivity index (χ1) is 15.3. The Balaban J connectivity index is 1.66. The molecular formula is C23H21BrN2O5S. The van der Waals surface area contributed by atoms with Crippen molar-refractivity contribution in [3.05, 3.63) is 74.7 Å². The Kier molecular flexibility index (Phi) is 8.02. The minimum Gasteiger partial charge on any atom is -0.493 e. The average molecular weight is 517 g/mol. The zero-order valence-electron chi connectivity index (χ0n) is 17.4. The summed E-state index contributed by atoms with van der Waals surface area (Å²) in [5.41, 5.74) is 3.34. The van der Waals surface area contributed by atoms with Gasteiger partial charge in [0.15, 0.2) is 16.6 Å². The molecule has 0 radical (unpaired) electrons. The zero-order valence-corrected chi connectivity index (χ0v) is 19.8. The third-order valence-corrected chi connectivity index (χ3v) is 5.65. The SMILES string of the molecule is COc1cc(/C=C/C(=O)Nc2nc(CC(=O)O)cs2)cc(Br)c1OCc1cccc(C)c1. The molecule has 3 aromatic rings. The number of carboxylic acid groups (broad SMARTS) is 1. The van der Waals surface area contributed by atoms with Crippen molar-refractivity contribution >= 4 is 50.4 Å². The first kappa shape index (κ1) is 23.5. The van der Waals surface area contributed by atoms with Crippen LogP contribution in [0.3, 0.4) is 0 Å². The lowest BCUT2D eigenvalue weighted by atomic mass is 10.1. The van der Waals surface area contributed by atoms with E-state index in [-0.39, 0.29) is 12.3 Å². The Bertz CT molecular complexity index is 1160. The lowest BCUT2D eigenvalue weighted by Gasteiger charge is -2.14. The number of thiazole rings is 1. The molecule has 0 bridgehead atoms. The van der Waals surface area contributed by atoms with Crippen molar-refractivity contribution in [1.82, 2.24) is 4.98 Å². The molecule has 3 rings (SSSR count). The molecule has 0 aliphatic heterocycles. The molecule has 0 aliphatic carbocycles. The molecule has 166 valence electrons. The van der Waals surface area contributed by atoms with Gasteiger partial charge in [-0.05, 0) is 52.2 Å². The number of nitrogens with one attached hydrogen (secondary N) is 1. The predicted octanol–water partition coefficient (Wildman–Crippen LogP) is 5.08. The van der Waals surface area contributed by atoms with E-state index in [2.05, 4.69) is 32.3 Å². The number of carboxylic acids is 1. The molecule has 0 atom stereocenters. The number of anilines is 1. The second-order valence-electron chi connectivity index (χ2n) is 6.85. The van der Waals surface area contributed by atoms with Crippen LogP contribution in [0.5, 0.6) is 11.5 Å². The number of carbonyl (C=O) groups excluding carboxylic acids is 1. The molecular weight excluding hydrogens is 496 g/mol. The minimum atomic E-state index is -0.973. The standard InChI is InChI=1S/C23H21BrN2O5S/c1-14-4-3-5-16(8-14)12-31-22-18(24)9-15(10-19(22)30-2)6-7-20(27)26-23-25-17(13-32-23)11-21(28)29/h3-10,13H,11-12H2,1-2H3,(H,28,29)(H,25,26,27)/b7-6+. The molecule has 0 fully saturated rings. The summed E-state index contributed by atoms with van der Waals surface area (Å²) in [6, 6.07) is 11.7. The zero-order chi connectivity index (χ0) is 23.1. The van der Waals surface area contributed by atoms with Crippen LogP contribution < -0.4 is 14.8 Å². The number of rotatable bonds is 9. The van der Waals surface area contributed by atoms with E-state index in [1.165, 1.54) is 17.4 Å². The lowest BCUT2D eigenvalue weighted by Crippen LogP contribution is -2.08. The fourth-order valence-corrected chi connectivity index (χ4v) is 4.14. The number of carbonyl (C=O) groups is 2. The van der Waals surface area contributed by atoms with E-state index in [1.807, 2.05) is 31.2 Å². The number of hydrogen-bond acceptors (Lipinski definition) is 6. The second kappa shape index (κ2) is 10.9. The molecule has 0 saturated heterocycles. The number of amides is 1. The van der Waals surface area contributed by atoms with Gasteiger partial charge < -0.3 is 14.6 Å². The highest BCUT2D eigenvalue weighted by Crippen LogP contribution is 2.37. The summed E-state index contributed by atoms with van der Waals surface area (Å²) in [6.45, 7) is 2.42. The summed E-state index contributed by atoms with van der Waals surface area (Å²) in [5, 5.41) is 13.4. The largest absolute Gasteiger partial charge is 0.493 e. The van der Waals surface area contributed by atoms with Crippen molar-refractivity contribution in [2.24, 2.45) is 0 Å². The van der Waals surface area contributed by atoms with Gasteiger partial charge in [-0.1, -0.05) is 29.8 Å². The molecule has 1 aromatic heterocycles. The van der Waals surface area contributed by atoms with Crippen molar-refractivity contribution in [2.45, 2.75) is 20.0 Å². The summed E-state index contributed by atoms with van der Waals surface area (Å²) in [7, 11) is 1.55. The first-order valence-electron chi connectivity index (χ1n) is 9.55. The van der Waals surface area contributed by atoms with Crippen molar-refractivity contribution in [1.29, 1.82) is 0 Å². The number of aromatic nitrogens is 1. The lowest BCUT2D eigenvalue weighted by molar-refractivity contribution is -0.136. The number of halogens is 1. The monoisotopic (exact) mass is 516 g/mol. The average Bonchev–Trinajstić information content (AvgIpc) is 3.17. The smallest absolute Gasteiger partial charge is 0.309 e. The van der Waals surface area contributed by atoms with Gasteiger partial charge in [0.1, 0.15) is 6.61 Å². The van der Waals surface area contributed by atoms with Gasteiger partial charge in [-0.15, -0.1) is 11.3 Å². The molecule has 9 heteroatoms. The number of aliphatic carboxylic acids is 1. The maximum atomic E-state index is 12.2. The van der Waals surface area contributed by atoms with Crippen LogP contribution in [0.4, 0.5) is 5.13 Å². The summed E-state index contributed by atoms with van der Waals surface area (Å²) in [4.78, 5) is 27.0. The fraction of sp³-hybridized carbons (Fsp3) is 0.174. The van der Waals surface area contributed by atoms with Gasteiger partial charge in [0.05, 0.1) is 23.7 Å². The highest BCUT2D eigenvalue weighted by Gasteiger charge is 2.12. The molecule has 2 aromatic carbocycles. The second-order valence-corrected chi connectivity index (χ2v) is 8.56. The molecule has 0 unspecified atom stereocenters. The summed E-state index contributed by atoms with van der Waals surface area (Å²) in [6.07, 6.45) is 2.82. The van der Waals surface area contributed by atoms with Crippen molar-refractivity contribution in [3.63, 3.8) is 0 Å². The van der Waals surface area contributed by atoms with Crippen LogP contribution in [0.15, 0.2) is 52.3 Å². The highest BCUT2D eigenvalue weighted by molar-refractivity contribution is 9.10. The van der Waals surface area contributed by atoms with Crippen LogP contribution in [0, 0.1) is 6.92 Å². The normalized spacial score (nSPS) is 10.8. The van der Waals surface area contributed by atoms with Gasteiger partial charge in [-0.25, -0.2) is 4.98 Å². The van der Waals surface area contributed by atoms with Crippen LogP contribution in [-0.4, -0.2) is 29.1 Å². The molecule has 0 aliphatic rings. The number of aryl methyl sites for hydroxylation is 1. The molecule has 0 spiro atoms. The fourth-order valence-electron chi connectivity index (χ4n) is 2.85. The van der Waals surface area contributed by atoms with Gasteiger partial charge in [-0.2, -0.15) is 0 Å². The topological polar surface area (TPSA) is 97.8 Å². The Hall–Kier alpha value is -3.17. The van der Waals surface area contributed by atoms with E-state index in [4.69, 9.17) is 14.6 Å². The van der Waals surface area contributed by atoms with Crippen molar-refractivity contribution < 1.29 is 24.2 Å². The van der Waals surface area contributed by atoms with E-state index >= 15 is 0 Å². The van der Waals surface area contributed by atoms with Gasteiger partial charge in [-0.3, -0.25) is 14.9 Å². The summed E-state index contributed by atoms with van der Waals surface area (Å²) >= 11 is 4.69. The number of hydrogen-bond donors (Lipinski definition) is 2. The van der Waals surface area contributed by atoms with Gasteiger partial charge in [0.2, 0.25) is 5.91 Å². The van der Waals surface area contributed by atoms with Crippen LogP contribution in [0.1, 0.15) is 22.4 Å². The van der Waals surface area contributed by atoms with E-state index in [9.17, 15) is 9.59 Å². The number of benzene rings is 2. The quantitative estimate of drug-likeness (QED) is 0.385. The van der Waals surface area contributed by atoms with Crippen molar-refractivity contribution in [2.75, 3.05) is 12.4 Å². The summed E-state index contributed by atoms with van der Waals surface area (Å²) < 4.78 is 12.1. The minimum absolute atomic E-state index is 0.186. The number of nitrogens with zero attached hydrogens (tertiary/aromatic N) is 1. The highest BCUT2D eigenvalue weighted by atomic mass is 79.9. The Morgan fingerprint density at radius 1 is 1.28 bits per heavy atom. The Morgan fingerprint density at radius 3 is 2.81 bits per heavy atom. The third kappa shape index (κ3) is 6.66. The maximum absolute atomic E-state index is 12.2. The molecule has 1 amide bonds. The third-order valence-electron chi connectivity index (χ3n) is 4.26. The van der Waals surface area contributed by atoms with E-state index in [1.54, 1.807) is 24.6 Å². The number of methoxy groups -OCH3 is 1. The Morgan fingerprint density at radius 2 is 2.09 bits per heavy atom. The molecule has 1 heterocycles. The molecule has 7 nitrogen and oxygen atoms in total. The number of ether oxygens (including phenoxy) is 2. The Labute approximate surface area is 197 Å². The van der Waals surface area contributed by atoms with Gasteiger partial charge in [0.25, 0.3) is 0 Å². The van der Waals surface area contributed by atoms with Crippen LogP contribution in [-0.2, 0) is 22.6 Å². The molecule has 0 saturated carbocycles. The predicted molar refractivity (Wildman–Crippen MR) is 127 cm³/mol. The van der Waals surface area contributed by atoms with Crippen LogP contribution >= 0.6 is 27.3 Å². The first-order valence-corrected chi connectivity index (χ1v) is 11.2.